The second-order valence-corrected chi connectivity index (χ2v) is 9.23. The Morgan fingerprint density at radius 3 is 2.03 bits per heavy atom. The first kappa shape index (κ1) is 25.2. The Labute approximate surface area is 199 Å². The molecule has 1 aliphatic carbocycles. The minimum Gasteiger partial charge on any atom is -0.480 e. The molecule has 0 radical (unpaired) electrons. The van der Waals surface area contributed by atoms with Crippen LogP contribution in [0.25, 0.3) is 11.1 Å². The van der Waals surface area contributed by atoms with E-state index in [1.54, 1.807) is 20.8 Å². The van der Waals surface area contributed by atoms with Gasteiger partial charge in [-0.05, 0) is 68.8 Å². The average Bonchev–Trinajstić information content (AvgIpc) is 3.10. The number of benzene rings is 2. The summed E-state index contributed by atoms with van der Waals surface area (Å²) in [5.74, 6) is -1.29. The molecule has 2 amide bonds. The Hall–Kier alpha value is -3.39. The lowest BCUT2D eigenvalue weighted by atomic mass is 10.0. The summed E-state index contributed by atoms with van der Waals surface area (Å²) in [6.45, 7) is 5.56. The number of aliphatic carboxylic acids is 1. The highest BCUT2D eigenvalue weighted by Gasteiger charge is 2.38. The number of amides is 2. The van der Waals surface area contributed by atoms with Gasteiger partial charge in [-0.1, -0.05) is 48.5 Å². The normalized spacial score (nSPS) is 13.5. The summed E-state index contributed by atoms with van der Waals surface area (Å²) < 4.78 is 9.88. The summed E-state index contributed by atoms with van der Waals surface area (Å²) in [7, 11) is 1.10. The smallest absolute Gasteiger partial charge is 0.420 e. The van der Waals surface area contributed by atoms with Crippen LogP contribution < -0.4 is 5.32 Å². The predicted molar refractivity (Wildman–Crippen MR) is 127 cm³/mol. The number of carboxylic acids is 1. The van der Waals surface area contributed by atoms with E-state index in [2.05, 4.69) is 34.3 Å². The van der Waals surface area contributed by atoms with Gasteiger partial charge in [0.2, 0.25) is 0 Å². The van der Waals surface area contributed by atoms with Gasteiger partial charge < -0.3 is 19.9 Å². The van der Waals surface area contributed by atoms with E-state index in [1.807, 2.05) is 24.3 Å². The van der Waals surface area contributed by atoms with Crippen LogP contribution in [0.15, 0.2) is 48.5 Å². The molecule has 0 unspecified atom stereocenters. The Morgan fingerprint density at radius 1 is 0.971 bits per heavy atom. The van der Waals surface area contributed by atoms with E-state index in [0.717, 1.165) is 7.11 Å². The molecule has 0 heterocycles. The van der Waals surface area contributed by atoms with Crippen molar-refractivity contribution < 1.29 is 29.0 Å². The van der Waals surface area contributed by atoms with Crippen molar-refractivity contribution in [2.45, 2.75) is 57.7 Å². The van der Waals surface area contributed by atoms with Gasteiger partial charge in [-0.25, -0.2) is 14.4 Å². The van der Waals surface area contributed by atoms with Crippen molar-refractivity contribution in [3.05, 3.63) is 59.7 Å². The molecule has 2 aromatic carbocycles. The summed E-state index contributed by atoms with van der Waals surface area (Å²) in [4.78, 5) is 37.2. The number of ether oxygens (including phenoxy) is 2. The Kier molecular flexibility index (Phi) is 7.94. The fourth-order valence-electron chi connectivity index (χ4n) is 4.19. The van der Waals surface area contributed by atoms with E-state index in [0.29, 0.717) is 24.3 Å². The van der Waals surface area contributed by atoms with Gasteiger partial charge >= 0.3 is 18.2 Å². The van der Waals surface area contributed by atoms with Gasteiger partial charge in [-0.3, -0.25) is 0 Å². The van der Waals surface area contributed by atoms with E-state index in [-0.39, 0.29) is 12.5 Å². The zero-order valence-corrected chi connectivity index (χ0v) is 20.0. The first-order chi connectivity index (χ1) is 16.1. The van der Waals surface area contributed by atoms with Crippen molar-refractivity contribution >= 4 is 18.2 Å². The van der Waals surface area contributed by atoms with Crippen molar-refractivity contribution in [1.29, 1.82) is 0 Å². The third kappa shape index (κ3) is 5.75. The summed E-state index contributed by atoms with van der Waals surface area (Å²) in [5.41, 5.74) is 3.98. The number of imide groups is 1. The predicted octanol–water partition coefficient (Wildman–Crippen LogP) is 4.97. The molecular weight excluding hydrogens is 436 g/mol. The van der Waals surface area contributed by atoms with Crippen LogP contribution in [0, 0.1) is 0 Å². The van der Waals surface area contributed by atoms with Crippen LogP contribution in [-0.4, -0.2) is 53.5 Å². The first-order valence-corrected chi connectivity index (χ1v) is 11.4. The van der Waals surface area contributed by atoms with Crippen molar-refractivity contribution in [3.8, 4) is 11.1 Å². The van der Waals surface area contributed by atoms with Gasteiger partial charge in [0.25, 0.3) is 0 Å². The zero-order valence-electron chi connectivity index (χ0n) is 20.0. The molecule has 0 saturated carbocycles. The lowest BCUT2D eigenvalue weighted by Gasteiger charge is -2.29. The van der Waals surface area contributed by atoms with Crippen molar-refractivity contribution in [2.24, 2.45) is 0 Å². The average molecular weight is 469 g/mol. The molecule has 1 aliphatic rings. The molecule has 0 saturated heterocycles. The highest BCUT2D eigenvalue weighted by molar-refractivity contribution is 5.93. The quantitative estimate of drug-likeness (QED) is 0.527. The van der Waals surface area contributed by atoms with Gasteiger partial charge in [0.15, 0.2) is 0 Å². The van der Waals surface area contributed by atoms with Crippen LogP contribution in [0.1, 0.15) is 57.2 Å². The van der Waals surface area contributed by atoms with E-state index in [1.165, 1.54) is 22.3 Å². The number of nitrogens with zero attached hydrogens (tertiary/aromatic N) is 1. The van der Waals surface area contributed by atoms with E-state index in [9.17, 15) is 19.5 Å². The van der Waals surface area contributed by atoms with Crippen LogP contribution >= 0.6 is 0 Å². The molecule has 0 aliphatic heterocycles. The largest absolute Gasteiger partial charge is 0.480 e. The third-order valence-electron chi connectivity index (χ3n) is 5.64. The fourth-order valence-corrected chi connectivity index (χ4v) is 4.19. The number of fused-ring (bicyclic) bond motifs is 3. The molecule has 0 bridgehead atoms. The zero-order chi connectivity index (χ0) is 24.9. The number of hydrogen-bond donors (Lipinski definition) is 2. The fraction of sp³-hybridized carbons (Fsp3) is 0.423. The molecule has 8 heteroatoms. The van der Waals surface area contributed by atoms with Gasteiger partial charge in [0, 0.05) is 0 Å². The molecular formula is C26H32N2O6. The van der Waals surface area contributed by atoms with Gasteiger partial charge in [-0.15, -0.1) is 0 Å². The lowest BCUT2D eigenvalue weighted by molar-refractivity contribution is -0.142. The number of nitrogens with one attached hydrogen (secondary N) is 1. The van der Waals surface area contributed by atoms with Gasteiger partial charge in [-0.2, -0.15) is 4.90 Å². The number of methoxy groups -OCH3 is 1. The van der Waals surface area contributed by atoms with Crippen LogP contribution in [0.2, 0.25) is 0 Å². The van der Waals surface area contributed by atoms with Crippen molar-refractivity contribution in [1.82, 2.24) is 10.2 Å². The molecule has 0 aromatic heterocycles. The Bertz CT molecular complexity index is 1000. The van der Waals surface area contributed by atoms with Crippen LogP contribution in [0.5, 0.6) is 0 Å². The molecule has 34 heavy (non-hydrogen) atoms. The summed E-state index contributed by atoms with van der Waals surface area (Å²) in [5, 5.41) is 13.3. The second-order valence-electron chi connectivity index (χ2n) is 9.23. The Balaban J connectivity index is 1.61. The first-order valence-electron chi connectivity index (χ1n) is 11.4. The standard InChI is InChI=1S/C26H32N2O6/c1-26(2,3)34-25(32)28(24(31)33-4)21(23(29)30)15-9-10-16-27-22-19-13-7-5-11-17(19)18-12-6-8-14-20(18)22/h5-8,11-14,21-22,27H,9-10,15-16H2,1-4H3,(H,29,30)/t21-/m1/s1. The lowest BCUT2D eigenvalue weighted by Crippen LogP contribution is -2.50. The number of carbonyl (C=O) groups excluding carboxylic acids is 2. The van der Waals surface area contributed by atoms with Gasteiger partial charge in [0.1, 0.15) is 11.6 Å². The molecule has 2 N–H and O–H groups in total. The van der Waals surface area contributed by atoms with Gasteiger partial charge in [0.05, 0.1) is 13.2 Å². The van der Waals surface area contributed by atoms with Crippen LogP contribution in [0.3, 0.4) is 0 Å². The highest BCUT2D eigenvalue weighted by atomic mass is 16.6. The number of hydrogen-bond acceptors (Lipinski definition) is 6. The summed E-state index contributed by atoms with van der Waals surface area (Å²) in [6, 6.07) is 15.3. The SMILES string of the molecule is COC(=O)N(C(=O)OC(C)(C)C)[C@H](CCCCNC1c2ccccc2-c2ccccc21)C(=O)O. The number of unbranched alkanes of at least 4 members (excludes halogenated alkanes) is 1. The maximum Gasteiger partial charge on any atom is 0.420 e. The molecule has 3 rings (SSSR count). The molecule has 8 nitrogen and oxygen atoms in total. The van der Waals surface area contributed by atoms with Crippen LogP contribution in [-0.2, 0) is 14.3 Å². The highest BCUT2D eigenvalue weighted by Crippen LogP contribution is 2.42. The third-order valence-corrected chi connectivity index (χ3v) is 5.64. The monoisotopic (exact) mass is 468 g/mol. The molecule has 0 fully saturated rings. The molecule has 182 valence electrons. The minimum absolute atomic E-state index is 0.0657. The Morgan fingerprint density at radius 2 is 1.53 bits per heavy atom. The molecule has 0 spiro atoms. The topological polar surface area (TPSA) is 105 Å². The second kappa shape index (κ2) is 10.7. The molecule has 2 aromatic rings. The van der Waals surface area contributed by atoms with Crippen molar-refractivity contribution in [2.75, 3.05) is 13.7 Å². The van der Waals surface area contributed by atoms with Crippen molar-refractivity contribution in [3.63, 3.8) is 0 Å². The number of carbonyl (C=O) groups is 3. The number of carboxylic acid groups (broad SMARTS) is 1. The van der Waals surface area contributed by atoms with Crippen LogP contribution in [0.4, 0.5) is 9.59 Å². The van der Waals surface area contributed by atoms with E-state index < -0.39 is 29.8 Å². The van der Waals surface area contributed by atoms with E-state index >= 15 is 0 Å². The minimum atomic E-state index is -1.38. The molecule has 1 atom stereocenters. The number of rotatable bonds is 8. The summed E-state index contributed by atoms with van der Waals surface area (Å²) >= 11 is 0. The van der Waals surface area contributed by atoms with E-state index in [4.69, 9.17) is 4.74 Å². The maximum absolute atomic E-state index is 12.5. The maximum atomic E-state index is 12.5. The summed E-state index contributed by atoms with van der Waals surface area (Å²) in [6.07, 6.45) is -0.865.